The van der Waals surface area contributed by atoms with Crippen LogP contribution in [-0.4, -0.2) is 39.1 Å². The lowest BCUT2D eigenvalue weighted by Gasteiger charge is -2.28. The Morgan fingerprint density at radius 1 is 0.543 bits per heavy atom. The Labute approximate surface area is 218 Å². The Hall–Kier alpha value is -0.660. The highest BCUT2D eigenvalue weighted by atomic mass is 32.3. The van der Waals surface area contributed by atoms with E-state index in [4.69, 9.17) is 0 Å². The molecule has 5 nitrogen and oxygen atoms in total. The van der Waals surface area contributed by atoms with Crippen LogP contribution in [0, 0.1) is 0 Å². The molecule has 0 fully saturated rings. The third kappa shape index (κ3) is 20.1. The molecule has 0 radical (unpaired) electrons. The number of sulfonamides is 2. The zero-order valence-electron chi connectivity index (χ0n) is 23.2. The average Bonchev–Trinajstić information content (AvgIpc) is 2.76. The highest BCUT2D eigenvalue weighted by molar-refractivity contribution is 8.03. The largest absolute Gasteiger partial charge is 0.224 e. The molecule has 0 bridgehead atoms. The smallest absolute Gasteiger partial charge is 0.212 e. The van der Waals surface area contributed by atoms with Crippen LogP contribution in [0.1, 0.15) is 136 Å². The molecule has 0 aliphatic carbocycles. The van der Waals surface area contributed by atoms with E-state index in [0.29, 0.717) is 12.8 Å². The van der Waals surface area contributed by atoms with Gasteiger partial charge in [0.15, 0.2) is 0 Å². The summed E-state index contributed by atoms with van der Waals surface area (Å²) >= 11 is 0. The van der Waals surface area contributed by atoms with Gasteiger partial charge >= 0.3 is 0 Å². The van der Waals surface area contributed by atoms with Crippen molar-refractivity contribution in [3.8, 4) is 0 Å². The molecule has 0 spiro atoms. The lowest BCUT2D eigenvalue weighted by Crippen LogP contribution is -2.43. The molecule has 0 saturated carbocycles. The molecule has 208 valence electrons. The Kier molecular flexibility index (Phi) is 21.0. The fraction of sp³-hybridized carbons (Fsp3) is 0.857. The van der Waals surface area contributed by atoms with Gasteiger partial charge in [0.1, 0.15) is 0 Å². The zero-order valence-corrected chi connectivity index (χ0v) is 24.9. The maximum atomic E-state index is 12.3. The summed E-state index contributed by atoms with van der Waals surface area (Å²) in [5.74, 6) is 0. The predicted octanol–water partition coefficient (Wildman–Crippen LogP) is 8.14. The third-order valence-corrected chi connectivity index (χ3v) is 9.86. The second-order valence-electron chi connectivity index (χ2n) is 9.98. The van der Waals surface area contributed by atoms with E-state index >= 15 is 0 Å². The molecule has 35 heavy (non-hydrogen) atoms. The molecular weight excluding hydrogens is 478 g/mol. The van der Waals surface area contributed by atoms with Crippen LogP contribution in [0.25, 0.3) is 0 Å². The molecule has 0 heterocycles. The maximum Gasteiger partial charge on any atom is 0.224 e. The Morgan fingerprint density at radius 3 is 1.37 bits per heavy atom. The Morgan fingerprint density at radius 2 is 0.914 bits per heavy atom. The van der Waals surface area contributed by atoms with E-state index in [9.17, 15) is 16.8 Å². The molecule has 0 amide bonds. The van der Waals surface area contributed by atoms with E-state index in [-0.39, 0.29) is 0 Å². The van der Waals surface area contributed by atoms with Gasteiger partial charge in [0.05, 0.1) is 12.5 Å². The van der Waals surface area contributed by atoms with E-state index in [1.165, 1.54) is 44.9 Å². The SMILES string of the molecule is CCCCC/C=C/C/C=C/CCCCCCCC(CCCCCCCC)N(S(C)(=O)=O)S(C)(=O)=O. The van der Waals surface area contributed by atoms with Crippen LogP contribution in [-0.2, 0) is 20.0 Å². The van der Waals surface area contributed by atoms with Crippen molar-refractivity contribution in [2.45, 2.75) is 142 Å². The molecule has 0 N–H and O–H groups in total. The second kappa shape index (κ2) is 21.4. The standard InChI is InChI=1S/C28H55NO4S2/c1-5-7-9-11-13-14-15-16-17-18-19-20-21-23-25-27-28(26-24-22-12-10-8-6-2)29(34(3,30)31)35(4,32)33/h13-14,16-17,28H,5-12,15,18-27H2,1-4H3/b14-13+,17-16+. The van der Waals surface area contributed by atoms with Gasteiger partial charge in [-0.25, -0.2) is 16.8 Å². The van der Waals surface area contributed by atoms with Gasteiger partial charge in [0.2, 0.25) is 20.0 Å². The van der Waals surface area contributed by atoms with Gasteiger partial charge < -0.3 is 0 Å². The van der Waals surface area contributed by atoms with Crippen LogP contribution in [0.2, 0.25) is 0 Å². The van der Waals surface area contributed by atoms with Crippen LogP contribution < -0.4 is 0 Å². The third-order valence-electron chi connectivity index (χ3n) is 6.33. The summed E-state index contributed by atoms with van der Waals surface area (Å²) in [5.41, 5.74) is 0. The highest BCUT2D eigenvalue weighted by Gasteiger charge is 2.34. The Balaban J connectivity index is 4.33. The first-order chi connectivity index (χ1) is 16.6. The van der Waals surface area contributed by atoms with Gasteiger partial charge in [0, 0.05) is 6.04 Å². The number of unbranched alkanes of at least 4 members (excludes halogenated alkanes) is 13. The molecule has 0 aliphatic heterocycles. The zero-order chi connectivity index (χ0) is 26.4. The van der Waals surface area contributed by atoms with Gasteiger partial charge in [-0.2, -0.15) is 0 Å². The summed E-state index contributed by atoms with van der Waals surface area (Å²) in [6.45, 7) is 4.41. The maximum absolute atomic E-state index is 12.3. The van der Waals surface area contributed by atoms with Crippen LogP contribution in [0.5, 0.6) is 0 Å². The van der Waals surface area contributed by atoms with Crippen molar-refractivity contribution in [3.63, 3.8) is 0 Å². The van der Waals surface area contributed by atoms with Crippen molar-refractivity contribution in [2.75, 3.05) is 12.5 Å². The summed E-state index contributed by atoms with van der Waals surface area (Å²) in [7, 11) is -7.62. The van der Waals surface area contributed by atoms with Crippen molar-refractivity contribution < 1.29 is 16.8 Å². The molecular formula is C28H55NO4S2. The molecule has 1 unspecified atom stereocenters. The molecule has 1 atom stereocenters. The second-order valence-corrected chi connectivity index (χ2v) is 13.9. The molecule has 0 aliphatic rings. The van der Waals surface area contributed by atoms with Gasteiger partial charge in [-0.1, -0.05) is 119 Å². The normalized spacial score (nSPS) is 14.0. The van der Waals surface area contributed by atoms with Crippen molar-refractivity contribution >= 4 is 20.0 Å². The van der Waals surface area contributed by atoms with Crippen molar-refractivity contribution in [3.05, 3.63) is 24.3 Å². The summed E-state index contributed by atoms with van der Waals surface area (Å²) < 4.78 is 49.9. The van der Waals surface area contributed by atoms with Crippen LogP contribution >= 0.6 is 0 Å². The lowest BCUT2D eigenvalue weighted by molar-refractivity contribution is 0.362. The first-order valence-corrected chi connectivity index (χ1v) is 17.8. The fourth-order valence-corrected chi connectivity index (χ4v) is 7.97. The molecule has 0 aromatic heterocycles. The van der Waals surface area contributed by atoms with E-state index in [2.05, 4.69) is 38.2 Å². The first kappa shape index (κ1) is 34.3. The minimum absolute atomic E-state index is 0.455. The minimum atomic E-state index is -3.81. The number of hydrogen-bond acceptors (Lipinski definition) is 4. The van der Waals surface area contributed by atoms with E-state index in [0.717, 1.165) is 80.4 Å². The van der Waals surface area contributed by atoms with Crippen LogP contribution in [0.3, 0.4) is 0 Å². The van der Waals surface area contributed by atoms with Gasteiger partial charge in [-0.3, -0.25) is 0 Å². The van der Waals surface area contributed by atoms with Gasteiger partial charge in [-0.15, -0.1) is 0 Å². The van der Waals surface area contributed by atoms with Gasteiger partial charge in [-0.05, 0) is 44.9 Å². The lowest BCUT2D eigenvalue weighted by atomic mass is 10.0. The highest BCUT2D eigenvalue weighted by Crippen LogP contribution is 2.23. The Bertz CT molecular complexity index is 726. The average molecular weight is 534 g/mol. The summed E-state index contributed by atoms with van der Waals surface area (Å²) in [4.78, 5) is 0. The van der Waals surface area contributed by atoms with Crippen molar-refractivity contribution in [1.82, 2.24) is 3.71 Å². The van der Waals surface area contributed by atoms with E-state index in [1.54, 1.807) is 0 Å². The van der Waals surface area contributed by atoms with E-state index in [1.807, 2.05) is 0 Å². The van der Waals surface area contributed by atoms with Crippen LogP contribution in [0.15, 0.2) is 24.3 Å². The van der Waals surface area contributed by atoms with Crippen molar-refractivity contribution in [2.24, 2.45) is 0 Å². The number of nitrogens with zero attached hydrogens (tertiary/aromatic N) is 1. The van der Waals surface area contributed by atoms with Crippen molar-refractivity contribution in [1.29, 1.82) is 0 Å². The minimum Gasteiger partial charge on any atom is -0.212 e. The number of allylic oxidation sites excluding steroid dienone is 4. The number of rotatable bonds is 24. The molecule has 0 aromatic carbocycles. The fourth-order valence-electron chi connectivity index (χ4n) is 4.49. The van der Waals surface area contributed by atoms with E-state index < -0.39 is 26.1 Å². The molecule has 0 saturated heterocycles. The number of hydrogen-bond donors (Lipinski definition) is 0. The summed E-state index contributed by atoms with van der Waals surface area (Å²) in [6, 6.07) is -0.455. The first-order valence-electron chi connectivity index (χ1n) is 14.1. The quantitative estimate of drug-likeness (QED) is 0.0927. The topological polar surface area (TPSA) is 71.5 Å². The van der Waals surface area contributed by atoms with Crippen LogP contribution in [0.4, 0.5) is 0 Å². The summed E-state index contributed by atoms with van der Waals surface area (Å²) in [6.07, 6.45) is 31.4. The monoisotopic (exact) mass is 533 g/mol. The summed E-state index contributed by atoms with van der Waals surface area (Å²) in [5, 5.41) is 0. The molecule has 0 rings (SSSR count). The molecule has 0 aromatic rings. The molecule has 7 heteroatoms. The van der Waals surface area contributed by atoms with Gasteiger partial charge in [0.25, 0.3) is 0 Å². The predicted molar refractivity (Wildman–Crippen MR) is 153 cm³/mol.